The van der Waals surface area contributed by atoms with Crippen molar-refractivity contribution >= 4 is 0 Å². The van der Waals surface area contributed by atoms with Crippen molar-refractivity contribution in [1.82, 2.24) is 5.32 Å². The van der Waals surface area contributed by atoms with Crippen molar-refractivity contribution in [3.63, 3.8) is 0 Å². The minimum absolute atomic E-state index is 0.232. The Kier molecular flexibility index (Phi) is 5.90. The summed E-state index contributed by atoms with van der Waals surface area (Å²) < 4.78 is 5.35. The molecule has 1 atom stereocenters. The molecule has 16 heavy (non-hydrogen) atoms. The van der Waals surface area contributed by atoms with Gasteiger partial charge in [0.05, 0.1) is 7.11 Å². The molecule has 90 valence electrons. The molecule has 0 bridgehead atoms. The van der Waals surface area contributed by atoms with Gasteiger partial charge >= 0.3 is 0 Å². The smallest absolute Gasteiger partial charge is 0.123 e. The third kappa shape index (κ3) is 3.51. The maximum atomic E-state index is 8.76. The van der Waals surface area contributed by atoms with Gasteiger partial charge in [0, 0.05) is 18.2 Å². The molecule has 1 aromatic carbocycles. The van der Waals surface area contributed by atoms with Crippen molar-refractivity contribution in [3.8, 4) is 5.75 Å². The van der Waals surface area contributed by atoms with Crippen molar-refractivity contribution in [2.45, 2.75) is 25.8 Å². The van der Waals surface area contributed by atoms with E-state index in [-0.39, 0.29) is 6.61 Å². The molecule has 1 unspecified atom stereocenters. The summed E-state index contributed by atoms with van der Waals surface area (Å²) in [6.07, 6.45) is 1.79. The van der Waals surface area contributed by atoms with Gasteiger partial charge in [-0.2, -0.15) is 0 Å². The van der Waals surface area contributed by atoms with Gasteiger partial charge in [0.15, 0.2) is 0 Å². The topological polar surface area (TPSA) is 41.5 Å². The van der Waals surface area contributed by atoms with Gasteiger partial charge in [-0.15, -0.1) is 0 Å². The van der Waals surface area contributed by atoms with Crippen LogP contribution in [0.25, 0.3) is 0 Å². The largest absolute Gasteiger partial charge is 0.496 e. The van der Waals surface area contributed by atoms with Crippen LogP contribution in [0.5, 0.6) is 5.75 Å². The molecule has 1 aromatic rings. The fraction of sp³-hybridized carbons (Fsp3) is 0.538. The molecule has 3 nitrogen and oxygen atoms in total. The molecule has 0 amide bonds. The predicted octanol–water partition coefficient (Wildman–Crippen LogP) is 2.12. The van der Waals surface area contributed by atoms with Crippen LogP contribution in [0.4, 0.5) is 0 Å². The fourth-order valence-corrected chi connectivity index (χ4v) is 1.78. The van der Waals surface area contributed by atoms with Crippen LogP contribution >= 0.6 is 0 Å². The summed E-state index contributed by atoms with van der Waals surface area (Å²) in [5.74, 6) is 0.922. The minimum atomic E-state index is 0.232. The van der Waals surface area contributed by atoms with Gasteiger partial charge in [-0.1, -0.05) is 25.1 Å². The number of ether oxygens (including phenoxy) is 1. The summed E-state index contributed by atoms with van der Waals surface area (Å²) in [5, 5.41) is 12.2. The first-order valence-corrected chi connectivity index (χ1v) is 5.80. The van der Waals surface area contributed by atoms with Crippen LogP contribution in [0, 0.1) is 0 Å². The Morgan fingerprint density at radius 2 is 2.12 bits per heavy atom. The maximum absolute atomic E-state index is 8.76. The summed E-state index contributed by atoms with van der Waals surface area (Å²) in [7, 11) is 1.69. The van der Waals surface area contributed by atoms with Gasteiger partial charge in [0.25, 0.3) is 0 Å². The molecular weight excluding hydrogens is 202 g/mol. The maximum Gasteiger partial charge on any atom is 0.123 e. The van der Waals surface area contributed by atoms with Gasteiger partial charge in [-0.05, 0) is 25.5 Å². The fourth-order valence-electron chi connectivity index (χ4n) is 1.78. The van der Waals surface area contributed by atoms with E-state index in [4.69, 9.17) is 9.84 Å². The van der Waals surface area contributed by atoms with Crippen molar-refractivity contribution < 1.29 is 9.84 Å². The van der Waals surface area contributed by atoms with E-state index in [1.54, 1.807) is 7.11 Å². The summed E-state index contributed by atoms with van der Waals surface area (Å²) >= 11 is 0. The Morgan fingerprint density at radius 3 is 2.75 bits per heavy atom. The number of rotatable bonds is 7. The number of benzene rings is 1. The molecule has 0 aliphatic rings. The molecule has 0 aliphatic heterocycles. The Hall–Kier alpha value is -1.06. The third-order valence-electron chi connectivity index (χ3n) is 2.65. The van der Waals surface area contributed by atoms with Crippen molar-refractivity contribution in [3.05, 3.63) is 29.8 Å². The van der Waals surface area contributed by atoms with Crippen molar-refractivity contribution in [2.75, 3.05) is 20.3 Å². The predicted molar refractivity (Wildman–Crippen MR) is 65.7 cm³/mol. The second-order valence-electron chi connectivity index (χ2n) is 3.73. The van der Waals surface area contributed by atoms with Gasteiger partial charge < -0.3 is 15.2 Å². The highest BCUT2D eigenvalue weighted by Crippen LogP contribution is 2.26. The van der Waals surface area contributed by atoms with Gasteiger partial charge in [0.2, 0.25) is 0 Å². The van der Waals surface area contributed by atoms with E-state index < -0.39 is 0 Å². The zero-order chi connectivity index (χ0) is 11.8. The van der Waals surface area contributed by atoms with Gasteiger partial charge in [-0.25, -0.2) is 0 Å². The molecule has 0 saturated heterocycles. The summed E-state index contributed by atoms with van der Waals surface area (Å²) in [4.78, 5) is 0. The average Bonchev–Trinajstić information content (AvgIpc) is 2.35. The molecule has 0 radical (unpaired) electrons. The molecule has 0 saturated carbocycles. The lowest BCUT2D eigenvalue weighted by molar-refractivity contribution is 0.282. The lowest BCUT2D eigenvalue weighted by Crippen LogP contribution is -2.23. The van der Waals surface area contributed by atoms with Crippen molar-refractivity contribution in [1.29, 1.82) is 0 Å². The van der Waals surface area contributed by atoms with E-state index in [1.807, 2.05) is 18.2 Å². The average molecular weight is 223 g/mol. The lowest BCUT2D eigenvalue weighted by atomic mass is 10.0. The van der Waals surface area contributed by atoms with E-state index in [0.717, 1.165) is 25.1 Å². The highest BCUT2D eigenvalue weighted by Gasteiger charge is 2.12. The molecule has 0 fully saturated rings. The highest BCUT2D eigenvalue weighted by molar-refractivity contribution is 5.35. The molecular formula is C13H21NO2. The van der Waals surface area contributed by atoms with E-state index in [2.05, 4.69) is 18.3 Å². The first-order chi connectivity index (χ1) is 7.83. The van der Waals surface area contributed by atoms with Crippen LogP contribution in [-0.4, -0.2) is 25.4 Å². The number of methoxy groups -OCH3 is 1. The van der Waals surface area contributed by atoms with E-state index in [9.17, 15) is 0 Å². The normalized spacial score (nSPS) is 12.4. The van der Waals surface area contributed by atoms with Gasteiger partial charge in [0.1, 0.15) is 5.75 Å². The monoisotopic (exact) mass is 223 g/mol. The number of aliphatic hydroxyl groups is 1. The van der Waals surface area contributed by atoms with E-state index >= 15 is 0 Å². The zero-order valence-corrected chi connectivity index (χ0v) is 10.1. The summed E-state index contributed by atoms with van der Waals surface area (Å²) in [5.41, 5.74) is 1.19. The Morgan fingerprint density at radius 1 is 1.38 bits per heavy atom. The van der Waals surface area contributed by atoms with Crippen LogP contribution in [0.2, 0.25) is 0 Å². The Bertz CT molecular complexity index is 302. The summed E-state index contributed by atoms with van der Waals surface area (Å²) in [6, 6.07) is 8.35. The van der Waals surface area contributed by atoms with Gasteiger partial charge in [-0.3, -0.25) is 0 Å². The molecule has 0 spiro atoms. The number of nitrogens with one attached hydrogen (secondary N) is 1. The van der Waals surface area contributed by atoms with Crippen LogP contribution in [0.15, 0.2) is 24.3 Å². The van der Waals surface area contributed by atoms with Crippen LogP contribution in [-0.2, 0) is 0 Å². The van der Waals surface area contributed by atoms with Crippen molar-refractivity contribution in [2.24, 2.45) is 0 Å². The first-order valence-electron chi connectivity index (χ1n) is 5.80. The molecule has 3 heteroatoms. The van der Waals surface area contributed by atoms with E-state index in [1.165, 1.54) is 5.56 Å². The number of para-hydroxylation sites is 1. The molecule has 0 aliphatic carbocycles. The number of hydrogen-bond acceptors (Lipinski definition) is 3. The Labute approximate surface area is 97.4 Å². The quantitative estimate of drug-likeness (QED) is 0.696. The SMILES string of the molecule is CCC(NCCCO)c1ccccc1OC. The number of aliphatic hydroxyl groups excluding tert-OH is 1. The van der Waals surface area contributed by atoms with Crippen LogP contribution < -0.4 is 10.1 Å². The summed E-state index contributed by atoms with van der Waals surface area (Å²) in [6.45, 7) is 3.20. The molecule has 0 aromatic heterocycles. The highest BCUT2D eigenvalue weighted by atomic mass is 16.5. The second-order valence-corrected chi connectivity index (χ2v) is 3.73. The molecule has 1 rings (SSSR count). The van der Waals surface area contributed by atoms with Crippen LogP contribution in [0.1, 0.15) is 31.4 Å². The second kappa shape index (κ2) is 7.25. The van der Waals surface area contributed by atoms with E-state index in [0.29, 0.717) is 6.04 Å². The molecule has 0 heterocycles. The standard InChI is InChI=1S/C13H21NO2/c1-3-12(14-9-6-10-15)11-7-4-5-8-13(11)16-2/h4-5,7-8,12,14-15H,3,6,9-10H2,1-2H3. The first kappa shape index (κ1) is 13.0. The number of hydrogen-bond donors (Lipinski definition) is 2. The Balaban J connectivity index is 2.69. The van der Waals surface area contributed by atoms with Crippen LogP contribution in [0.3, 0.4) is 0 Å². The third-order valence-corrected chi connectivity index (χ3v) is 2.65. The lowest BCUT2D eigenvalue weighted by Gasteiger charge is -2.19. The molecule has 2 N–H and O–H groups in total. The zero-order valence-electron chi connectivity index (χ0n) is 10.1. The minimum Gasteiger partial charge on any atom is -0.496 e.